The van der Waals surface area contributed by atoms with Gasteiger partial charge >= 0.3 is 147 Å². The topological polar surface area (TPSA) is 58.6 Å². The number of phenolic OH excluding ortho intramolecular Hbond substituents is 1. The summed E-state index contributed by atoms with van der Waals surface area (Å²) in [6.07, 6.45) is 0.364. The number of hydrogen-bond donors (Lipinski definition) is 2. The van der Waals surface area contributed by atoms with Gasteiger partial charge in [0.15, 0.2) is 0 Å². The molecule has 0 saturated heterocycles. The molecule has 1 aliphatic rings. The van der Waals surface area contributed by atoms with Gasteiger partial charge in [-0.05, 0) is 0 Å². The summed E-state index contributed by atoms with van der Waals surface area (Å²) in [5.41, 5.74) is -0.597. The van der Waals surface area contributed by atoms with Gasteiger partial charge in [0.1, 0.15) is 0 Å². The summed E-state index contributed by atoms with van der Waals surface area (Å²) in [4.78, 5) is 12.7. The molecular formula is C16H25ClNO3PS. The van der Waals surface area contributed by atoms with Crippen LogP contribution in [0.5, 0.6) is 11.5 Å². The van der Waals surface area contributed by atoms with E-state index in [1.54, 1.807) is 24.3 Å². The first kappa shape index (κ1) is 18.9. The fraction of sp³-hybridized carbons (Fsp3) is 0.562. The van der Waals surface area contributed by atoms with Gasteiger partial charge in [-0.1, -0.05) is 0 Å². The Morgan fingerprint density at radius 3 is 2.43 bits per heavy atom. The summed E-state index contributed by atoms with van der Waals surface area (Å²) < 4.78 is 6.07. The van der Waals surface area contributed by atoms with Crippen molar-refractivity contribution in [1.29, 1.82) is 0 Å². The molecule has 1 aliphatic carbocycles. The summed E-state index contributed by atoms with van der Waals surface area (Å²) >= 11 is 8.20. The third kappa shape index (κ3) is 4.99. The van der Waals surface area contributed by atoms with Crippen molar-refractivity contribution in [3.8, 4) is 11.5 Å². The Kier molecular flexibility index (Phi) is 5.57. The number of rotatable bonds is 6. The van der Waals surface area contributed by atoms with Crippen molar-refractivity contribution in [3.63, 3.8) is 0 Å². The first-order valence-electron chi connectivity index (χ1n) is 7.83. The Hall–Kier alpha value is -0.480. The van der Waals surface area contributed by atoms with Gasteiger partial charge in [-0.2, -0.15) is 0 Å². The van der Waals surface area contributed by atoms with E-state index >= 15 is 0 Å². The predicted molar refractivity (Wildman–Crippen MR) is 101 cm³/mol. The molecule has 130 valence electrons. The van der Waals surface area contributed by atoms with Crippen molar-refractivity contribution in [3.05, 3.63) is 24.3 Å². The molecule has 7 heteroatoms. The number of aromatic hydroxyl groups is 1. The first-order chi connectivity index (χ1) is 10.6. The van der Waals surface area contributed by atoms with Gasteiger partial charge in [-0.15, -0.1) is 0 Å². The molecule has 2 rings (SSSR count). The molecule has 0 aliphatic heterocycles. The number of hydrogen-bond acceptors (Lipinski definition) is 5. The molecule has 2 N–H and O–H groups in total. The summed E-state index contributed by atoms with van der Waals surface area (Å²) in [7, 11) is 0. The van der Waals surface area contributed by atoms with Crippen LogP contribution in [0.4, 0.5) is 0 Å². The van der Waals surface area contributed by atoms with Crippen molar-refractivity contribution < 1.29 is 14.4 Å². The van der Waals surface area contributed by atoms with Crippen LogP contribution in [-0.4, -0.2) is 34.8 Å². The maximum atomic E-state index is 12.7. The minimum absolute atomic E-state index is 0.158. The predicted octanol–water partition coefficient (Wildman–Crippen LogP) is 4.75. The Morgan fingerprint density at radius 1 is 1.35 bits per heavy atom. The molecule has 1 fully saturated rings. The molecule has 0 amide bonds. The minimum atomic E-state index is -3.27. The Balaban J connectivity index is 2.21. The second-order valence-electron chi connectivity index (χ2n) is 6.55. The van der Waals surface area contributed by atoms with E-state index in [2.05, 4.69) is 5.09 Å². The van der Waals surface area contributed by atoms with Crippen LogP contribution in [0, 0.1) is 0 Å². The second-order valence-corrected chi connectivity index (χ2v) is 14.8. The Morgan fingerprint density at radius 2 is 1.91 bits per heavy atom. The third-order valence-corrected chi connectivity index (χ3v) is 7.04. The van der Waals surface area contributed by atoms with E-state index in [0.717, 1.165) is 31.4 Å². The van der Waals surface area contributed by atoms with Gasteiger partial charge < -0.3 is 0 Å². The molecule has 0 radical (unpaired) electrons. The van der Waals surface area contributed by atoms with E-state index in [0.29, 0.717) is 5.75 Å². The molecule has 0 aromatic heterocycles. The van der Waals surface area contributed by atoms with Gasteiger partial charge in [0.25, 0.3) is 0 Å². The fourth-order valence-electron chi connectivity index (χ4n) is 3.04. The van der Waals surface area contributed by atoms with Crippen LogP contribution >= 0.6 is 29.3 Å². The van der Waals surface area contributed by atoms with Crippen molar-refractivity contribution in [2.45, 2.75) is 38.1 Å². The van der Waals surface area contributed by atoms with Gasteiger partial charge in [-0.25, -0.2) is 0 Å². The molecule has 0 unspecified atom stereocenters. The average Bonchev–Trinajstić information content (AvgIpc) is 2.89. The van der Waals surface area contributed by atoms with Gasteiger partial charge in [0, 0.05) is 0 Å². The van der Waals surface area contributed by atoms with Gasteiger partial charge in [0.2, 0.25) is 0 Å². The molecule has 4 nitrogen and oxygen atoms in total. The monoisotopic (exact) mass is 377 g/mol. The van der Waals surface area contributed by atoms with Crippen LogP contribution in [0.25, 0.3) is 0 Å². The van der Waals surface area contributed by atoms with Crippen molar-refractivity contribution in [2.75, 3.05) is 19.1 Å². The Bertz CT molecular complexity index is 565. The van der Waals surface area contributed by atoms with Crippen LogP contribution in [0.1, 0.15) is 32.6 Å². The van der Waals surface area contributed by atoms with Crippen LogP contribution in [0.3, 0.4) is 0 Å². The van der Waals surface area contributed by atoms with E-state index in [1.165, 1.54) is 11.8 Å². The van der Waals surface area contributed by atoms with Gasteiger partial charge in [0.05, 0.1) is 0 Å². The van der Waals surface area contributed by atoms with Crippen LogP contribution < -0.4 is 9.61 Å². The molecular weight excluding hydrogens is 353 g/mol. The zero-order valence-electron chi connectivity index (χ0n) is 13.8. The number of benzene rings is 1. The van der Waals surface area contributed by atoms with Crippen LogP contribution in [0.2, 0.25) is 0 Å². The quantitative estimate of drug-likeness (QED) is 0.700. The van der Waals surface area contributed by atoms with Gasteiger partial charge in [-0.3, -0.25) is 0 Å². The molecule has 0 spiro atoms. The number of phenols is 1. The van der Waals surface area contributed by atoms with E-state index in [4.69, 9.17) is 15.8 Å². The molecule has 0 atom stereocenters. The molecule has 1 aromatic carbocycles. The maximum absolute atomic E-state index is 12.7. The zero-order valence-corrected chi connectivity index (χ0v) is 16.3. The number of carbonyl (C=O) groups excluding carboxylic acids is 1. The summed E-state index contributed by atoms with van der Waals surface area (Å²) in [6, 6.07) is 6.47. The molecule has 1 saturated carbocycles. The summed E-state index contributed by atoms with van der Waals surface area (Å²) in [5, 5.41) is 13.0. The van der Waals surface area contributed by atoms with E-state index < -0.39 is 11.9 Å². The fourth-order valence-corrected chi connectivity index (χ4v) is 6.92. The standard InChI is InChI=1S/C16H25ClNO3PS/c1-4-23-15(20)16(11-5-6-12-16)18-22(2,3,17)21-14-9-7-13(19)8-10-14/h7-10,18-19H,4-6,11-12H2,1-3H3. The molecule has 1 aromatic rings. The zero-order chi connectivity index (χ0) is 17.2. The number of halogens is 1. The van der Waals surface area contributed by atoms with Crippen molar-refractivity contribution in [1.82, 2.24) is 5.09 Å². The molecule has 0 bridgehead atoms. The third-order valence-electron chi connectivity index (χ3n) is 3.85. The number of nitrogens with one attached hydrogen (secondary N) is 1. The van der Waals surface area contributed by atoms with Crippen LogP contribution in [-0.2, 0) is 4.79 Å². The van der Waals surface area contributed by atoms with Crippen LogP contribution in [0.15, 0.2) is 24.3 Å². The molecule has 0 heterocycles. The van der Waals surface area contributed by atoms with E-state index in [9.17, 15) is 9.90 Å². The molecule has 23 heavy (non-hydrogen) atoms. The number of carbonyl (C=O) groups is 1. The average molecular weight is 378 g/mol. The number of thioether (sulfide) groups is 1. The van der Waals surface area contributed by atoms with Crippen molar-refractivity contribution >= 4 is 34.5 Å². The summed E-state index contributed by atoms with van der Waals surface area (Å²) in [6.45, 7) is 5.68. The SMILES string of the molecule is CCSC(=O)C1(NP(C)(C)(Cl)Oc2ccc(O)cc2)CCCC1. The van der Waals surface area contributed by atoms with Crippen molar-refractivity contribution in [2.24, 2.45) is 0 Å². The first-order valence-corrected chi connectivity index (χ1v) is 12.8. The second kappa shape index (κ2) is 6.79. The normalized spacial score (nSPS) is 19.0. The Labute approximate surface area is 147 Å². The van der Waals surface area contributed by atoms with E-state index in [-0.39, 0.29) is 10.9 Å². The summed E-state index contributed by atoms with van der Waals surface area (Å²) in [5.74, 6) is 1.51. The van der Waals surface area contributed by atoms with E-state index in [1.807, 2.05) is 20.3 Å².